The Bertz CT molecular complexity index is 966. The van der Waals surface area contributed by atoms with E-state index in [1.165, 1.54) is 28.1 Å². The van der Waals surface area contributed by atoms with E-state index in [-0.39, 0.29) is 25.4 Å². The number of carbonyl (C=O) groups is 2. The summed E-state index contributed by atoms with van der Waals surface area (Å²) in [5.41, 5.74) is 2.79. The van der Waals surface area contributed by atoms with Crippen molar-refractivity contribution in [1.82, 2.24) is 15.3 Å². The van der Waals surface area contributed by atoms with Gasteiger partial charge in [-0.3, -0.25) is 15.2 Å². The number of hydrogen-bond donors (Lipinski definition) is 2. The number of halogens is 3. The van der Waals surface area contributed by atoms with Gasteiger partial charge in [-0.05, 0) is 37.8 Å². The third kappa shape index (κ3) is 5.54. The van der Waals surface area contributed by atoms with Crippen LogP contribution in [0.4, 0.5) is 23.7 Å². The molecule has 1 aromatic rings. The van der Waals surface area contributed by atoms with Gasteiger partial charge in [-0.2, -0.15) is 13.2 Å². The largest absolute Gasteiger partial charge is 0.508 e. The van der Waals surface area contributed by atoms with Crippen molar-refractivity contribution >= 4 is 17.7 Å². The minimum Gasteiger partial charge on any atom is -0.508 e. The molecule has 0 spiro atoms. The number of piperazine rings is 1. The maximum atomic E-state index is 12.9. The standard InChI is InChI=1S/C21H23F3N4O4/c1-14-12-18(29)6-7-28(14)25-19(30)15(2)32-20(31)27-10-8-26(9-11-27)17-5-3-4-16(13-17)21(22,23)24/h3-6,12-13,29H,2,7-11H2,1H3,(H,25,30). The molecule has 2 aliphatic rings. The van der Waals surface area contributed by atoms with Gasteiger partial charge in [-0.25, -0.2) is 4.79 Å². The number of benzene rings is 1. The Morgan fingerprint density at radius 2 is 1.88 bits per heavy atom. The van der Waals surface area contributed by atoms with Gasteiger partial charge in [0.1, 0.15) is 5.76 Å². The van der Waals surface area contributed by atoms with E-state index in [0.29, 0.717) is 24.5 Å². The van der Waals surface area contributed by atoms with Crippen LogP contribution in [0.5, 0.6) is 0 Å². The molecule has 2 heterocycles. The Hall–Kier alpha value is -3.63. The number of rotatable bonds is 4. The van der Waals surface area contributed by atoms with Crippen LogP contribution in [0.25, 0.3) is 0 Å². The van der Waals surface area contributed by atoms with Crippen molar-refractivity contribution < 1.29 is 32.6 Å². The first-order chi connectivity index (χ1) is 15.0. The second kappa shape index (κ2) is 9.25. The highest BCUT2D eigenvalue weighted by Gasteiger charge is 2.31. The third-order valence-electron chi connectivity index (χ3n) is 5.04. The first-order valence-electron chi connectivity index (χ1n) is 9.78. The number of allylic oxidation sites excluding steroid dienone is 2. The van der Waals surface area contributed by atoms with Gasteiger partial charge in [-0.1, -0.05) is 6.07 Å². The highest BCUT2D eigenvalue weighted by molar-refractivity contribution is 5.92. The first kappa shape index (κ1) is 23.0. The van der Waals surface area contributed by atoms with E-state index >= 15 is 0 Å². The van der Waals surface area contributed by atoms with Crippen molar-refractivity contribution in [2.24, 2.45) is 0 Å². The van der Waals surface area contributed by atoms with Crippen molar-refractivity contribution in [3.63, 3.8) is 0 Å². The second-order valence-electron chi connectivity index (χ2n) is 7.28. The number of anilines is 1. The number of carbonyl (C=O) groups excluding carboxylic acids is 2. The average Bonchev–Trinajstić information content (AvgIpc) is 2.75. The lowest BCUT2D eigenvalue weighted by Gasteiger charge is -2.35. The Morgan fingerprint density at radius 1 is 1.19 bits per heavy atom. The van der Waals surface area contributed by atoms with Gasteiger partial charge in [0.2, 0.25) is 0 Å². The second-order valence-corrected chi connectivity index (χ2v) is 7.28. The molecule has 2 amide bonds. The maximum absolute atomic E-state index is 12.9. The number of hydrogen-bond acceptors (Lipinski definition) is 6. The van der Waals surface area contributed by atoms with E-state index in [0.717, 1.165) is 12.1 Å². The number of alkyl halides is 3. The number of aliphatic hydroxyl groups is 1. The molecule has 0 aliphatic carbocycles. The van der Waals surface area contributed by atoms with E-state index in [1.54, 1.807) is 17.9 Å². The van der Waals surface area contributed by atoms with Crippen LogP contribution in [-0.2, 0) is 15.7 Å². The van der Waals surface area contributed by atoms with Crippen LogP contribution in [-0.4, -0.2) is 59.7 Å². The Balaban J connectivity index is 1.50. The maximum Gasteiger partial charge on any atom is 0.416 e. The zero-order valence-electron chi connectivity index (χ0n) is 17.4. The molecule has 0 aromatic heterocycles. The molecule has 32 heavy (non-hydrogen) atoms. The van der Waals surface area contributed by atoms with Crippen molar-refractivity contribution in [2.45, 2.75) is 13.1 Å². The van der Waals surface area contributed by atoms with Gasteiger partial charge >= 0.3 is 18.2 Å². The average molecular weight is 452 g/mol. The van der Waals surface area contributed by atoms with Gasteiger partial charge in [0.15, 0.2) is 5.76 Å². The zero-order chi connectivity index (χ0) is 23.5. The summed E-state index contributed by atoms with van der Waals surface area (Å²) >= 11 is 0. The van der Waals surface area contributed by atoms with Crippen LogP contribution in [0, 0.1) is 0 Å². The summed E-state index contributed by atoms with van der Waals surface area (Å²) in [7, 11) is 0. The summed E-state index contributed by atoms with van der Waals surface area (Å²) in [6.07, 6.45) is -2.24. The van der Waals surface area contributed by atoms with E-state index < -0.39 is 29.5 Å². The summed E-state index contributed by atoms with van der Waals surface area (Å²) in [4.78, 5) is 27.7. The Labute approximate surface area is 182 Å². The van der Waals surface area contributed by atoms with Crippen molar-refractivity contribution in [3.8, 4) is 0 Å². The Morgan fingerprint density at radius 3 is 2.50 bits per heavy atom. The summed E-state index contributed by atoms with van der Waals surface area (Å²) in [6.45, 7) is 6.44. The fourth-order valence-corrected chi connectivity index (χ4v) is 3.24. The van der Waals surface area contributed by atoms with E-state index in [1.807, 2.05) is 0 Å². The summed E-state index contributed by atoms with van der Waals surface area (Å²) in [5, 5.41) is 10.9. The number of amides is 2. The molecule has 11 heteroatoms. The fraction of sp³-hybridized carbons (Fsp3) is 0.333. The van der Waals surface area contributed by atoms with Crippen LogP contribution in [0.2, 0.25) is 0 Å². The number of nitrogens with one attached hydrogen (secondary N) is 1. The highest BCUT2D eigenvalue weighted by Crippen LogP contribution is 2.31. The lowest BCUT2D eigenvalue weighted by molar-refractivity contribution is -0.137. The monoisotopic (exact) mass is 452 g/mol. The summed E-state index contributed by atoms with van der Waals surface area (Å²) < 4.78 is 43.8. The smallest absolute Gasteiger partial charge is 0.416 e. The minimum absolute atomic E-state index is 0.0857. The lowest BCUT2D eigenvalue weighted by atomic mass is 10.1. The van der Waals surface area contributed by atoms with E-state index in [9.17, 15) is 27.9 Å². The van der Waals surface area contributed by atoms with Gasteiger partial charge in [-0.15, -0.1) is 0 Å². The van der Waals surface area contributed by atoms with Crippen LogP contribution in [0.3, 0.4) is 0 Å². The van der Waals surface area contributed by atoms with Crippen LogP contribution in [0.15, 0.2) is 60.2 Å². The molecular formula is C21H23F3N4O4. The van der Waals surface area contributed by atoms with Gasteiger partial charge in [0.05, 0.1) is 12.1 Å². The summed E-state index contributed by atoms with van der Waals surface area (Å²) in [6, 6.07) is 5.01. The number of ether oxygens (including phenoxy) is 1. The first-order valence-corrected chi connectivity index (χ1v) is 9.78. The number of aliphatic hydroxyl groups excluding tert-OH is 1. The van der Waals surface area contributed by atoms with E-state index in [4.69, 9.17) is 4.74 Å². The predicted octanol–water partition coefficient (Wildman–Crippen LogP) is 3.17. The molecule has 1 fully saturated rings. The summed E-state index contributed by atoms with van der Waals surface area (Å²) in [5.74, 6) is -1.03. The zero-order valence-corrected chi connectivity index (χ0v) is 17.4. The van der Waals surface area contributed by atoms with Gasteiger partial charge < -0.3 is 19.6 Å². The van der Waals surface area contributed by atoms with Crippen molar-refractivity contribution in [3.05, 3.63) is 65.8 Å². The SMILES string of the molecule is C=C(OC(=O)N1CCN(c2cccc(C(F)(F)F)c2)CC1)C(=O)NN1CC=C(O)C=C1C. The van der Waals surface area contributed by atoms with Gasteiger partial charge in [0.25, 0.3) is 0 Å². The van der Waals surface area contributed by atoms with Crippen LogP contribution >= 0.6 is 0 Å². The fourth-order valence-electron chi connectivity index (χ4n) is 3.24. The molecule has 172 valence electrons. The highest BCUT2D eigenvalue weighted by atomic mass is 19.4. The Kier molecular flexibility index (Phi) is 6.66. The molecule has 2 aliphatic heterocycles. The molecule has 0 atom stereocenters. The molecule has 1 saturated heterocycles. The van der Waals surface area contributed by atoms with Crippen molar-refractivity contribution in [1.29, 1.82) is 0 Å². The molecular weight excluding hydrogens is 429 g/mol. The molecule has 0 radical (unpaired) electrons. The van der Waals surface area contributed by atoms with E-state index in [2.05, 4.69) is 12.0 Å². The molecule has 3 rings (SSSR count). The van der Waals surface area contributed by atoms with Crippen LogP contribution < -0.4 is 10.3 Å². The molecule has 0 unspecified atom stereocenters. The quantitative estimate of drug-likeness (QED) is 0.539. The topological polar surface area (TPSA) is 85.4 Å². The molecule has 0 saturated carbocycles. The predicted molar refractivity (Wildman–Crippen MR) is 110 cm³/mol. The van der Waals surface area contributed by atoms with Crippen LogP contribution in [0.1, 0.15) is 12.5 Å². The normalized spacial score (nSPS) is 16.8. The number of nitrogens with zero attached hydrogens (tertiary/aromatic N) is 3. The molecule has 2 N–H and O–H groups in total. The van der Waals surface area contributed by atoms with Gasteiger partial charge in [0, 0.05) is 43.6 Å². The number of hydrazine groups is 1. The third-order valence-corrected chi connectivity index (χ3v) is 5.04. The lowest BCUT2D eigenvalue weighted by Crippen LogP contribution is -2.49. The molecule has 1 aromatic carbocycles. The minimum atomic E-state index is -4.43. The molecule has 0 bridgehead atoms. The molecule has 8 nitrogen and oxygen atoms in total. The van der Waals surface area contributed by atoms with Crippen molar-refractivity contribution in [2.75, 3.05) is 37.6 Å².